The quantitative estimate of drug-likeness (QED) is 0.541. The lowest BCUT2D eigenvalue weighted by Crippen LogP contribution is -1.71. The van der Waals surface area contributed by atoms with Gasteiger partial charge in [-0.05, 0) is 12.3 Å². The zero-order chi connectivity index (χ0) is 8.12. The van der Waals surface area contributed by atoms with Gasteiger partial charge >= 0.3 is 0 Å². The second-order valence-corrected chi connectivity index (χ2v) is 0.621. The summed E-state index contributed by atoms with van der Waals surface area (Å²) in [4.78, 5) is 0. The molecule has 0 aliphatic heterocycles. The largest absolute Gasteiger partial charge is 0.405 e. The molecule has 1 heteroatoms. The van der Waals surface area contributed by atoms with Gasteiger partial charge < -0.3 is 5.73 Å². The number of allylic oxidation sites excluding steroid dienone is 2. The van der Waals surface area contributed by atoms with E-state index in [1.54, 1.807) is 12.2 Å². The maximum atomic E-state index is 4.89. The lowest BCUT2D eigenvalue weighted by molar-refractivity contribution is 1.50. The zero-order valence-corrected chi connectivity index (χ0v) is 7.02. The predicted octanol–water partition coefficient (Wildman–Crippen LogP) is 2.70. The Kier molecular flexibility index (Phi) is 96.6. The first-order valence-corrected chi connectivity index (χ1v) is 3.41. The van der Waals surface area contributed by atoms with E-state index < -0.39 is 0 Å². The molecule has 0 aromatic heterocycles. The minimum absolute atomic E-state index is 1.44. The molecule has 0 amide bonds. The molecule has 0 saturated heterocycles. The molecule has 0 radical (unpaired) electrons. The van der Waals surface area contributed by atoms with Crippen LogP contribution in [0.15, 0.2) is 24.9 Å². The SMILES string of the molecule is C=C/C=C\N.CC.CC. The van der Waals surface area contributed by atoms with Gasteiger partial charge in [-0.15, -0.1) is 0 Å². The molecule has 0 unspecified atom stereocenters. The van der Waals surface area contributed by atoms with Crippen molar-refractivity contribution in [2.45, 2.75) is 27.7 Å². The Balaban J connectivity index is -0.0000000771. The van der Waals surface area contributed by atoms with E-state index in [1.807, 2.05) is 27.7 Å². The molecule has 2 N–H and O–H groups in total. The van der Waals surface area contributed by atoms with Gasteiger partial charge in [0.2, 0.25) is 0 Å². The smallest absolute Gasteiger partial charge is 0.00626 e. The fourth-order valence-electron chi connectivity index (χ4n) is 0.0786. The van der Waals surface area contributed by atoms with Gasteiger partial charge in [0, 0.05) is 0 Å². The van der Waals surface area contributed by atoms with Crippen molar-refractivity contribution >= 4 is 0 Å². The highest BCUT2D eigenvalue weighted by atomic mass is 14.5. The summed E-state index contributed by atoms with van der Waals surface area (Å²) < 4.78 is 0. The predicted molar refractivity (Wildman–Crippen MR) is 46.2 cm³/mol. The van der Waals surface area contributed by atoms with Gasteiger partial charge in [0.25, 0.3) is 0 Å². The number of nitrogens with two attached hydrogens (primary N) is 1. The highest BCUT2D eigenvalue weighted by molar-refractivity contribution is 4.93. The third-order valence-electron chi connectivity index (χ3n) is 0.247. The lowest BCUT2D eigenvalue weighted by atomic mass is 10.6. The van der Waals surface area contributed by atoms with Crippen LogP contribution in [0.2, 0.25) is 0 Å². The van der Waals surface area contributed by atoms with Crippen molar-refractivity contribution in [1.29, 1.82) is 0 Å². The molecule has 0 heterocycles. The van der Waals surface area contributed by atoms with Crippen molar-refractivity contribution in [3.63, 3.8) is 0 Å². The number of hydrogen-bond donors (Lipinski definition) is 1. The zero-order valence-electron chi connectivity index (χ0n) is 7.02. The maximum absolute atomic E-state index is 4.89. The summed E-state index contributed by atoms with van der Waals surface area (Å²) in [5.74, 6) is 0. The fraction of sp³-hybridized carbons (Fsp3) is 0.500. The fourth-order valence-corrected chi connectivity index (χ4v) is 0.0786. The van der Waals surface area contributed by atoms with Crippen LogP contribution in [0, 0.1) is 0 Å². The summed E-state index contributed by atoms with van der Waals surface area (Å²) >= 11 is 0. The first-order valence-electron chi connectivity index (χ1n) is 3.41. The average molecular weight is 129 g/mol. The molecule has 0 aromatic carbocycles. The summed E-state index contributed by atoms with van der Waals surface area (Å²) in [6.45, 7) is 11.4. The standard InChI is InChI=1S/C4H7N.2C2H6/c1-2-3-4-5;2*1-2/h2-4H,1,5H2;2*1-2H3/b4-3-;;. The van der Waals surface area contributed by atoms with Crippen molar-refractivity contribution in [3.05, 3.63) is 24.9 Å². The molecule has 0 atom stereocenters. The van der Waals surface area contributed by atoms with Crippen LogP contribution in [0.5, 0.6) is 0 Å². The number of rotatable bonds is 1. The average Bonchev–Trinajstić information content (AvgIpc) is 1.98. The van der Waals surface area contributed by atoms with Crippen molar-refractivity contribution in [2.75, 3.05) is 0 Å². The third-order valence-corrected chi connectivity index (χ3v) is 0.247. The normalized spacial score (nSPS) is 6.22. The Morgan fingerprint density at radius 1 is 1.11 bits per heavy atom. The molecule has 0 aromatic rings. The van der Waals surface area contributed by atoms with Crippen LogP contribution >= 0.6 is 0 Å². The van der Waals surface area contributed by atoms with Crippen LogP contribution in [-0.2, 0) is 0 Å². The van der Waals surface area contributed by atoms with E-state index in [0.29, 0.717) is 0 Å². The van der Waals surface area contributed by atoms with Gasteiger partial charge in [-0.1, -0.05) is 40.3 Å². The second-order valence-electron chi connectivity index (χ2n) is 0.621. The van der Waals surface area contributed by atoms with Crippen molar-refractivity contribution in [1.82, 2.24) is 0 Å². The molecule has 1 nitrogen and oxygen atoms in total. The summed E-state index contributed by atoms with van der Waals surface area (Å²) in [6.07, 6.45) is 4.73. The van der Waals surface area contributed by atoms with E-state index in [0.717, 1.165) is 0 Å². The highest BCUT2D eigenvalue weighted by Crippen LogP contribution is 1.58. The van der Waals surface area contributed by atoms with E-state index >= 15 is 0 Å². The van der Waals surface area contributed by atoms with Gasteiger partial charge in [-0.25, -0.2) is 0 Å². The van der Waals surface area contributed by atoms with Crippen LogP contribution in [0.1, 0.15) is 27.7 Å². The van der Waals surface area contributed by atoms with Crippen LogP contribution in [0.25, 0.3) is 0 Å². The third kappa shape index (κ3) is 124. The minimum atomic E-state index is 1.44. The van der Waals surface area contributed by atoms with Gasteiger partial charge in [0.05, 0.1) is 0 Å². The second kappa shape index (κ2) is 55.2. The molecule has 0 aliphatic carbocycles. The van der Waals surface area contributed by atoms with Gasteiger partial charge in [0.15, 0.2) is 0 Å². The molecule has 0 fully saturated rings. The molecular weight excluding hydrogens is 110 g/mol. The van der Waals surface area contributed by atoms with Gasteiger partial charge in [-0.3, -0.25) is 0 Å². The molecule has 0 bridgehead atoms. The summed E-state index contributed by atoms with van der Waals surface area (Å²) in [6, 6.07) is 0. The molecular formula is C8H19N. The monoisotopic (exact) mass is 129 g/mol. The Morgan fingerprint density at radius 3 is 1.44 bits per heavy atom. The minimum Gasteiger partial charge on any atom is -0.405 e. The first kappa shape index (κ1) is 15.7. The van der Waals surface area contributed by atoms with E-state index in [-0.39, 0.29) is 0 Å². The number of hydrogen-bond acceptors (Lipinski definition) is 1. The Morgan fingerprint density at radius 2 is 1.44 bits per heavy atom. The molecule has 9 heavy (non-hydrogen) atoms. The van der Waals surface area contributed by atoms with Crippen LogP contribution in [0.3, 0.4) is 0 Å². The summed E-state index contributed by atoms with van der Waals surface area (Å²) in [5, 5.41) is 0. The molecule has 0 aliphatic rings. The summed E-state index contributed by atoms with van der Waals surface area (Å²) in [7, 11) is 0. The van der Waals surface area contributed by atoms with Crippen LogP contribution in [-0.4, -0.2) is 0 Å². The van der Waals surface area contributed by atoms with E-state index in [9.17, 15) is 0 Å². The lowest BCUT2D eigenvalue weighted by Gasteiger charge is -1.58. The maximum Gasteiger partial charge on any atom is -0.00626 e. The van der Waals surface area contributed by atoms with E-state index in [4.69, 9.17) is 5.73 Å². The Hall–Kier alpha value is -0.720. The molecule has 0 rings (SSSR count). The molecule has 0 spiro atoms. The Labute approximate surface area is 59.3 Å². The first-order chi connectivity index (χ1) is 4.41. The van der Waals surface area contributed by atoms with Crippen LogP contribution < -0.4 is 5.73 Å². The highest BCUT2D eigenvalue weighted by Gasteiger charge is 1.41. The van der Waals surface area contributed by atoms with Crippen molar-refractivity contribution < 1.29 is 0 Å². The van der Waals surface area contributed by atoms with Crippen LogP contribution in [0.4, 0.5) is 0 Å². The van der Waals surface area contributed by atoms with E-state index in [1.165, 1.54) is 6.20 Å². The van der Waals surface area contributed by atoms with Crippen molar-refractivity contribution in [3.8, 4) is 0 Å². The van der Waals surface area contributed by atoms with Crippen molar-refractivity contribution in [2.24, 2.45) is 5.73 Å². The van der Waals surface area contributed by atoms with Gasteiger partial charge in [0.1, 0.15) is 0 Å². The Bertz CT molecular complexity index is 46.5. The topological polar surface area (TPSA) is 26.0 Å². The molecule has 56 valence electrons. The summed E-state index contributed by atoms with van der Waals surface area (Å²) in [5.41, 5.74) is 4.89. The van der Waals surface area contributed by atoms with Gasteiger partial charge in [-0.2, -0.15) is 0 Å². The molecule has 0 saturated carbocycles. The van der Waals surface area contributed by atoms with E-state index in [2.05, 4.69) is 6.58 Å².